The lowest BCUT2D eigenvalue weighted by atomic mass is 10.0. The SMILES string of the molecule is CCN(CC)C(=O)[C@H](N)CC(C)C. The number of carbonyl (C=O) groups excluding carboxylic acids is 1. The maximum absolute atomic E-state index is 11.6. The van der Waals surface area contributed by atoms with Crippen molar-refractivity contribution in [3.8, 4) is 0 Å². The molecule has 13 heavy (non-hydrogen) atoms. The molecule has 3 nitrogen and oxygen atoms in total. The van der Waals surface area contributed by atoms with Crippen LogP contribution in [0.15, 0.2) is 0 Å². The first-order valence-corrected chi connectivity index (χ1v) is 5.07. The van der Waals surface area contributed by atoms with E-state index in [2.05, 4.69) is 13.8 Å². The molecule has 0 aliphatic rings. The lowest BCUT2D eigenvalue weighted by molar-refractivity contribution is -0.132. The number of carbonyl (C=O) groups is 1. The predicted octanol–water partition coefficient (Wildman–Crippen LogP) is 1.23. The summed E-state index contributed by atoms with van der Waals surface area (Å²) in [5.41, 5.74) is 5.78. The van der Waals surface area contributed by atoms with Crippen molar-refractivity contribution in [3.63, 3.8) is 0 Å². The van der Waals surface area contributed by atoms with Crippen molar-refractivity contribution in [2.75, 3.05) is 13.1 Å². The molecule has 0 aromatic heterocycles. The van der Waals surface area contributed by atoms with Gasteiger partial charge in [-0.15, -0.1) is 0 Å². The van der Waals surface area contributed by atoms with Crippen LogP contribution < -0.4 is 5.73 Å². The Labute approximate surface area is 81.3 Å². The van der Waals surface area contributed by atoms with Crippen molar-refractivity contribution in [3.05, 3.63) is 0 Å². The minimum absolute atomic E-state index is 0.0821. The molecule has 0 heterocycles. The van der Waals surface area contributed by atoms with E-state index in [9.17, 15) is 4.79 Å². The van der Waals surface area contributed by atoms with E-state index in [1.54, 1.807) is 4.90 Å². The topological polar surface area (TPSA) is 46.3 Å². The lowest BCUT2D eigenvalue weighted by Gasteiger charge is -2.23. The molecule has 0 unspecified atom stereocenters. The quantitative estimate of drug-likeness (QED) is 0.702. The van der Waals surface area contributed by atoms with E-state index in [0.29, 0.717) is 5.92 Å². The molecular formula is C10H22N2O. The van der Waals surface area contributed by atoms with Crippen LogP contribution in [-0.2, 0) is 4.79 Å². The van der Waals surface area contributed by atoms with E-state index in [4.69, 9.17) is 5.73 Å². The molecule has 0 fully saturated rings. The Morgan fingerprint density at radius 1 is 1.31 bits per heavy atom. The Hall–Kier alpha value is -0.570. The fourth-order valence-corrected chi connectivity index (χ4v) is 1.38. The van der Waals surface area contributed by atoms with Crippen molar-refractivity contribution < 1.29 is 4.79 Å². The molecule has 0 aliphatic carbocycles. The van der Waals surface area contributed by atoms with Gasteiger partial charge in [0.2, 0.25) is 5.91 Å². The maximum Gasteiger partial charge on any atom is 0.239 e. The minimum atomic E-state index is -0.320. The van der Waals surface area contributed by atoms with Crippen LogP contribution in [0.2, 0.25) is 0 Å². The molecule has 0 bridgehead atoms. The van der Waals surface area contributed by atoms with Crippen LogP contribution in [0.25, 0.3) is 0 Å². The summed E-state index contributed by atoms with van der Waals surface area (Å²) >= 11 is 0. The van der Waals surface area contributed by atoms with Crippen molar-refractivity contribution in [1.82, 2.24) is 4.90 Å². The van der Waals surface area contributed by atoms with Gasteiger partial charge < -0.3 is 10.6 Å². The fraction of sp³-hybridized carbons (Fsp3) is 0.900. The molecule has 2 N–H and O–H groups in total. The van der Waals surface area contributed by atoms with Crippen LogP contribution in [0.1, 0.15) is 34.1 Å². The van der Waals surface area contributed by atoms with E-state index < -0.39 is 0 Å². The third-order valence-corrected chi connectivity index (χ3v) is 2.12. The summed E-state index contributed by atoms with van der Waals surface area (Å²) in [6, 6.07) is -0.320. The van der Waals surface area contributed by atoms with Gasteiger partial charge in [0.1, 0.15) is 0 Å². The second kappa shape index (κ2) is 5.97. The second-order valence-corrected chi connectivity index (χ2v) is 3.75. The maximum atomic E-state index is 11.6. The summed E-state index contributed by atoms with van der Waals surface area (Å²) in [7, 11) is 0. The molecule has 0 rings (SSSR count). The first kappa shape index (κ1) is 12.4. The van der Waals surface area contributed by atoms with Crippen LogP contribution in [0, 0.1) is 5.92 Å². The van der Waals surface area contributed by atoms with E-state index >= 15 is 0 Å². The summed E-state index contributed by atoms with van der Waals surface area (Å²) in [6.45, 7) is 9.61. The second-order valence-electron chi connectivity index (χ2n) is 3.75. The number of nitrogens with two attached hydrogens (primary N) is 1. The standard InChI is InChI=1S/C10H22N2O/c1-5-12(6-2)10(13)9(11)7-8(3)4/h8-9H,5-7,11H2,1-4H3/t9-/m1/s1. The van der Waals surface area contributed by atoms with Gasteiger partial charge in [-0.3, -0.25) is 4.79 Å². The molecule has 0 aliphatic heterocycles. The van der Waals surface area contributed by atoms with Crippen molar-refractivity contribution >= 4 is 5.91 Å². The van der Waals surface area contributed by atoms with Gasteiger partial charge in [0.05, 0.1) is 6.04 Å². The minimum Gasteiger partial charge on any atom is -0.342 e. The average molecular weight is 186 g/mol. The van der Waals surface area contributed by atoms with E-state index in [1.165, 1.54) is 0 Å². The number of hydrogen-bond donors (Lipinski definition) is 1. The van der Waals surface area contributed by atoms with Gasteiger partial charge in [0.25, 0.3) is 0 Å². The summed E-state index contributed by atoms with van der Waals surface area (Å²) in [5, 5.41) is 0. The Balaban J connectivity index is 4.07. The van der Waals surface area contributed by atoms with Gasteiger partial charge in [0.15, 0.2) is 0 Å². The Morgan fingerprint density at radius 3 is 2.08 bits per heavy atom. The van der Waals surface area contributed by atoms with E-state index in [-0.39, 0.29) is 11.9 Å². The molecule has 1 amide bonds. The van der Waals surface area contributed by atoms with Crippen LogP contribution >= 0.6 is 0 Å². The number of likely N-dealkylation sites (N-methyl/N-ethyl adjacent to an activating group) is 1. The molecule has 0 saturated heterocycles. The zero-order valence-electron chi connectivity index (χ0n) is 9.21. The average Bonchev–Trinajstić information content (AvgIpc) is 2.05. The molecule has 0 radical (unpaired) electrons. The zero-order valence-corrected chi connectivity index (χ0v) is 9.21. The number of nitrogens with zero attached hydrogens (tertiary/aromatic N) is 1. The van der Waals surface area contributed by atoms with Crippen molar-refractivity contribution in [2.24, 2.45) is 11.7 Å². The molecule has 0 aromatic rings. The smallest absolute Gasteiger partial charge is 0.239 e. The van der Waals surface area contributed by atoms with Crippen LogP contribution in [-0.4, -0.2) is 29.9 Å². The molecule has 3 heteroatoms. The molecular weight excluding hydrogens is 164 g/mol. The largest absolute Gasteiger partial charge is 0.342 e. The van der Waals surface area contributed by atoms with Crippen molar-refractivity contribution in [2.45, 2.75) is 40.2 Å². The van der Waals surface area contributed by atoms with Crippen LogP contribution in [0.5, 0.6) is 0 Å². The third-order valence-electron chi connectivity index (χ3n) is 2.12. The zero-order chi connectivity index (χ0) is 10.4. The van der Waals surface area contributed by atoms with Gasteiger partial charge in [-0.2, -0.15) is 0 Å². The first-order chi connectivity index (χ1) is 6.02. The predicted molar refractivity (Wildman–Crippen MR) is 55.4 cm³/mol. The van der Waals surface area contributed by atoms with Gasteiger partial charge in [-0.25, -0.2) is 0 Å². The number of amides is 1. The van der Waals surface area contributed by atoms with E-state index in [0.717, 1.165) is 19.5 Å². The monoisotopic (exact) mass is 186 g/mol. The van der Waals surface area contributed by atoms with Crippen LogP contribution in [0.4, 0.5) is 0 Å². The normalized spacial score (nSPS) is 13.1. The molecule has 0 saturated carbocycles. The Morgan fingerprint density at radius 2 is 1.77 bits per heavy atom. The number of rotatable bonds is 5. The third kappa shape index (κ3) is 4.27. The van der Waals surface area contributed by atoms with Gasteiger partial charge in [-0.05, 0) is 26.2 Å². The molecule has 0 spiro atoms. The van der Waals surface area contributed by atoms with Crippen molar-refractivity contribution in [1.29, 1.82) is 0 Å². The summed E-state index contributed by atoms with van der Waals surface area (Å²) in [4.78, 5) is 13.4. The highest BCUT2D eigenvalue weighted by Gasteiger charge is 2.18. The Bertz CT molecular complexity index is 153. The summed E-state index contributed by atoms with van der Waals surface area (Å²) in [5.74, 6) is 0.563. The molecule has 78 valence electrons. The Kier molecular flexibility index (Phi) is 5.71. The molecule has 1 atom stereocenters. The highest BCUT2D eigenvalue weighted by molar-refractivity contribution is 5.81. The van der Waals surface area contributed by atoms with E-state index in [1.807, 2.05) is 13.8 Å². The lowest BCUT2D eigenvalue weighted by Crippen LogP contribution is -2.44. The highest BCUT2D eigenvalue weighted by atomic mass is 16.2. The fourth-order valence-electron chi connectivity index (χ4n) is 1.38. The van der Waals surface area contributed by atoms with Gasteiger partial charge in [0, 0.05) is 13.1 Å². The first-order valence-electron chi connectivity index (χ1n) is 5.07. The summed E-state index contributed by atoms with van der Waals surface area (Å²) in [6.07, 6.45) is 0.773. The number of hydrogen-bond acceptors (Lipinski definition) is 2. The van der Waals surface area contributed by atoms with Gasteiger partial charge in [-0.1, -0.05) is 13.8 Å². The molecule has 0 aromatic carbocycles. The van der Waals surface area contributed by atoms with Gasteiger partial charge >= 0.3 is 0 Å². The highest BCUT2D eigenvalue weighted by Crippen LogP contribution is 2.05. The van der Waals surface area contributed by atoms with Crippen LogP contribution in [0.3, 0.4) is 0 Å². The summed E-state index contributed by atoms with van der Waals surface area (Å²) < 4.78 is 0.